The standard InChI is InChI=1S/C40H27NOS.C8H10.C7H7F.C6H12.C2H6/c1-24-19-21-34-37(25(24)2)40-31(17-10-18-33(40)42-34)41(27-12-4-3-5-13-27)32-23-36-39(30-16-9-8-15-29(30)32)38-28-14-7-6-11-26(28)20-22-35(38)43-36;1-7-4-3-5-8(2)6-7;1-6-3-2-4-7(8)5-6;1-4-5-6(2)3;1-2/h3-23H,1-2H3;3-6H,1-2H3;2-5H,1H3;4-6H,1-3H3;1-2H3/b;;;5-4-;. The summed E-state index contributed by atoms with van der Waals surface area (Å²) in [5.41, 5.74) is 11.4. The molecule has 338 valence electrons. The van der Waals surface area contributed by atoms with Crippen LogP contribution >= 0.6 is 11.3 Å². The van der Waals surface area contributed by atoms with Gasteiger partial charge in [-0.2, -0.15) is 0 Å². The zero-order valence-corrected chi connectivity index (χ0v) is 41.4. The minimum absolute atomic E-state index is 0.162. The number of allylic oxidation sites excluding steroid dienone is 2. The van der Waals surface area contributed by atoms with Gasteiger partial charge in [-0.1, -0.05) is 172 Å². The van der Waals surface area contributed by atoms with E-state index in [0.29, 0.717) is 0 Å². The smallest absolute Gasteiger partial charge is 0.137 e. The first kappa shape index (κ1) is 47.9. The number of para-hydroxylation sites is 1. The monoisotopic (exact) mass is 899 g/mol. The van der Waals surface area contributed by atoms with Crippen LogP contribution in [0.5, 0.6) is 0 Å². The molecule has 0 fully saturated rings. The molecule has 2 heterocycles. The number of hydrogen-bond acceptors (Lipinski definition) is 3. The second-order valence-electron chi connectivity index (χ2n) is 17.1. The molecule has 0 saturated carbocycles. The zero-order chi connectivity index (χ0) is 47.6. The number of aryl methyl sites for hydroxylation is 5. The van der Waals surface area contributed by atoms with Gasteiger partial charge in [0.15, 0.2) is 0 Å². The highest BCUT2D eigenvalue weighted by Crippen LogP contribution is 2.50. The molecule has 0 aliphatic carbocycles. The van der Waals surface area contributed by atoms with Crippen LogP contribution < -0.4 is 4.90 Å². The molecule has 0 spiro atoms. The van der Waals surface area contributed by atoms with Crippen LogP contribution in [0.4, 0.5) is 21.5 Å². The Hall–Kier alpha value is -7.01. The average Bonchev–Trinajstić information content (AvgIpc) is 3.92. The lowest BCUT2D eigenvalue weighted by Gasteiger charge is -2.28. The summed E-state index contributed by atoms with van der Waals surface area (Å²) in [5, 5.41) is 10.1. The van der Waals surface area contributed by atoms with Crippen molar-refractivity contribution < 1.29 is 8.81 Å². The predicted octanol–water partition coefficient (Wildman–Crippen LogP) is 20.0. The van der Waals surface area contributed by atoms with Crippen molar-refractivity contribution in [3.05, 3.63) is 222 Å². The van der Waals surface area contributed by atoms with Crippen molar-refractivity contribution in [2.75, 3.05) is 4.90 Å². The molecule has 0 N–H and O–H groups in total. The van der Waals surface area contributed by atoms with Crippen LogP contribution in [0.2, 0.25) is 0 Å². The second-order valence-corrected chi connectivity index (χ2v) is 18.2. The van der Waals surface area contributed by atoms with E-state index in [1.807, 2.05) is 45.1 Å². The fourth-order valence-electron chi connectivity index (χ4n) is 8.70. The van der Waals surface area contributed by atoms with Gasteiger partial charge in [-0.05, 0) is 135 Å². The normalized spacial score (nSPS) is 11.0. The predicted molar refractivity (Wildman–Crippen MR) is 294 cm³/mol. The highest BCUT2D eigenvalue weighted by Gasteiger charge is 2.24. The summed E-state index contributed by atoms with van der Waals surface area (Å²) < 4.78 is 21.2. The van der Waals surface area contributed by atoms with E-state index in [1.165, 1.54) is 81.5 Å². The van der Waals surface area contributed by atoms with E-state index in [9.17, 15) is 4.39 Å². The van der Waals surface area contributed by atoms with Gasteiger partial charge >= 0.3 is 0 Å². The van der Waals surface area contributed by atoms with Crippen molar-refractivity contribution in [2.24, 2.45) is 5.92 Å². The van der Waals surface area contributed by atoms with Crippen LogP contribution in [0.25, 0.3) is 63.7 Å². The molecule has 0 bridgehead atoms. The summed E-state index contributed by atoms with van der Waals surface area (Å²) in [7, 11) is 0. The van der Waals surface area contributed by atoms with E-state index in [-0.39, 0.29) is 5.82 Å². The molecule has 2 nitrogen and oxygen atoms in total. The molecule has 0 unspecified atom stereocenters. The van der Waals surface area contributed by atoms with E-state index >= 15 is 0 Å². The largest absolute Gasteiger partial charge is 0.456 e. The third-order valence-corrected chi connectivity index (χ3v) is 12.8. The van der Waals surface area contributed by atoms with E-state index in [1.54, 1.807) is 6.07 Å². The van der Waals surface area contributed by atoms with Gasteiger partial charge in [0.2, 0.25) is 0 Å². The Morgan fingerprint density at radius 3 is 1.72 bits per heavy atom. The highest BCUT2D eigenvalue weighted by atomic mass is 32.1. The van der Waals surface area contributed by atoms with Crippen LogP contribution in [-0.2, 0) is 0 Å². The number of hydrogen-bond donors (Lipinski definition) is 0. The molecule has 0 saturated heterocycles. The molecule has 0 radical (unpaired) electrons. The Morgan fingerprint density at radius 2 is 1.10 bits per heavy atom. The van der Waals surface area contributed by atoms with Crippen molar-refractivity contribution in [1.82, 2.24) is 0 Å². The lowest BCUT2D eigenvalue weighted by Crippen LogP contribution is -2.11. The lowest BCUT2D eigenvalue weighted by molar-refractivity contribution is 0.626. The maximum absolute atomic E-state index is 12.2. The fourth-order valence-corrected chi connectivity index (χ4v) is 9.87. The number of fused-ring (bicyclic) bond motifs is 10. The van der Waals surface area contributed by atoms with Crippen LogP contribution in [-0.4, -0.2) is 0 Å². The number of anilines is 3. The number of benzene rings is 9. The van der Waals surface area contributed by atoms with Crippen LogP contribution in [0, 0.1) is 46.4 Å². The molecule has 2 aromatic heterocycles. The third kappa shape index (κ3) is 10.7. The Labute approximate surface area is 400 Å². The summed E-state index contributed by atoms with van der Waals surface area (Å²) in [4.78, 5) is 2.43. The van der Waals surface area contributed by atoms with Crippen LogP contribution in [0.3, 0.4) is 0 Å². The second kappa shape index (κ2) is 22.0. The fraction of sp³-hybridized carbons (Fsp3) is 0.175. The first-order valence-electron chi connectivity index (χ1n) is 23.4. The molecule has 0 atom stereocenters. The molecule has 0 amide bonds. The van der Waals surface area contributed by atoms with Crippen LogP contribution in [0.1, 0.15) is 62.4 Å². The molecular weight excluding hydrogens is 838 g/mol. The van der Waals surface area contributed by atoms with Crippen LogP contribution in [0.15, 0.2) is 192 Å². The van der Waals surface area contributed by atoms with Gasteiger partial charge in [-0.15, -0.1) is 11.3 Å². The van der Waals surface area contributed by atoms with Crippen molar-refractivity contribution in [3.63, 3.8) is 0 Å². The highest BCUT2D eigenvalue weighted by molar-refractivity contribution is 7.26. The molecular formula is C63H62FNOS. The van der Waals surface area contributed by atoms with Gasteiger partial charge in [-0.25, -0.2) is 4.39 Å². The van der Waals surface area contributed by atoms with Crippen molar-refractivity contribution in [2.45, 2.75) is 69.2 Å². The van der Waals surface area contributed by atoms with E-state index in [4.69, 9.17) is 4.42 Å². The number of nitrogens with zero attached hydrogens (tertiary/aromatic N) is 1. The minimum atomic E-state index is -0.162. The number of halogens is 1. The zero-order valence-electron chi connectivity index (χ0n) is 40.6. The summed E-state index contributed by atoms with van der Waals surface area (Å²) >= 11 is 1.88. The van der Waals surface area contributed by atoms with E-state index < -0.39 is 0 Å². The molecule has 11 rings (SSSR count). The molecule has 11 aromatic rings. The van der Waals surface area contributed by atoms with Gasteiger partial charge < -0.3 is 9.32 Å². The Balaban J connectivity index is 0.000000228. The van der Waals surface area contributed by atoms with Gasteiger partial charge in [0.05, 0.1) is 16.8 Å². The number of rotatable bonds is 4. The van der Waals surface area contributed by atoms with E-state index in [0.717, 1.165) is 45.1 Å². The number of furan rings is 1. The van der Waals surface area contributed by atoms with Crippen molar-refractivity contribution >= 4 is 92.1 Å². The average molecular weight is 900 g/mol. The number of thiophene rings is 1. The Bertz CT molecular complexity index is 3370. The first-order chi connectivity index (χ1) is 32.5. The summed E-state index contributed by atoms with van der Waals surface area (Å²) in [6.07, 6.45) is 4.24. The van der Waals surface area contributed by atoms with Gasteiger partial charge in [-0.3, -0.25) is 0 Å². The summed E-state index contributed by atoms with van der Waals surface area (Å²) in [6, 6.07) is 61.0. The molecule has 0 aliphatic heterocycles. The quantitative estimate of drug-likeness (QED) is 0.164. The van der Waals surface area contributed by atoms with Gasteiger partial charge in [0, 0.05) is 36.6 Å². The van der Waals surface area contributed by atoms with Crippen molar-refractivity contribution in [3.8, 4) is 0 Å². The maximum Gasteiger partial charge on any atom is 0.137 e. The summed E-state index contributed by atoms with van der Waals surface area (Å²) in [6.45, 7) is 20.8. The molecule has 4 heteroatoms. The third-order valence-electron chi connectivity index (χ3n) is 11.7. The molecule has 67 heavy (non-hydrogen) atoms. The minimum Gasteiger partial charge on any atom is -0.456 e. The van der Waals surface area contributed by atoms with Crippen molar-refractivity contribution in [1.29, 1.82) is 0 Å². The first-order valence-corrected chi connectivity index (χ1v) is 24.2. The lowest BCUT2D eigenvalue weighted by atomic mass is 9.97. The Kier molecular flexibility index (Phi) is 15.7. The topological polar surface area (TPSA) is 16.4 Å². The van der Waals surface area contributed by atoms with E-state index in [2.05, 4.69) is 210 Å². The SMILES string of the molecule is C/C=C\C(C)C.CC.Cc1ccc2oc3cccc(N(c4ccccc4)c4cc5sc6ccc7ccccc7c6c5c5ccccc45)c3c2c1C.Cc1cccc(C)c1.Cc1cccc(F)c1. The van der Waals surface area contributed by atoms with Gasteiger partial charge in [0.25, 0.3) is 0 Å². The summed E-state index contributed by atoms with van der Waals surface area (Å²) in [5.74, 6) is 0.556. The molecule has 9 aromatic carbocycles. The Morgan fingerprint density at radius 1 is 0.507 bits per heavy atom. The maximum atomic E-state index is 12.2. The van der Waals surface area contributed by atoms with Gasteiger partial charge in [0.1, 0.15) is 17.0 Å². The molecule has 0 aliphatic rings.